The molecule has 1 aliphatic heterocycles. The number of aromatic amines is 1. The molecule has 1 aliphatic rings. The van der Waals surface area contributed by atoms with Crippen LogP contribution in [0.25, 0.3) is 5.65 Å². The molecule has 0 bridgehead atoms. The molecule has 26 heavy (non-hydrogen) atoms. The molecule has 1 fully saturated rings. The monoisotopic (exact) mass is 360 g/mol. The first-order valence-electron chi connectivity index (χ1n) is 9.15. The zero-order chi connectivity index (χ0) is 19.2. The second kappa shape index (κ2) is 6.45. The number of hydrogen-bond acceptors (Lipinski definition) is 4. The Morgan fingerprint density at radius 3 is 2.69 bits per heavy atom. The fraction of sp³-hybridized carbons (Fsp3) is 0.632. The molecule has 1 N–H and O–H groups in total. The molecular formula is C19H28N4O3. The van der Waals surface area contributed by atoms with E-state index in [1.807, 2.05) is 33.8 Å². The number of carbonyl (C=O) groups is 1. The molecule has 0 saturated carbocycles. The molecular weight excluding hydrogens is 332 g/mol. The number of amides is 1. The summed E-state index contributed by atoms with van der Waals surface area (Å²) in [6.45, 7) is 12.0. The van der Waals surface area contributed by atoms with Crippen LogP contribution < -0.4 is 5.56 Å². The van der Waals surface area contributed by atoms with Crippen molar-refractivity contribution in [2.24, 2.45) is 5.92 Å². The van der Waals surface area contributed by atoms with Gasteiger partial charge in [0.05, 0.1) is 11.7 Å². The second-order valence-corrected chi connectivity index (χ2v) is 8.35. The third-order valence-electron chi connectivity index (χ3n) is 4.96. The van der Waals surface area contributed by atoms with Gasteiger partial charge in [0.2, 0.25) is 0 Å². The van der Waals surface area contributed by atoms with Crippen LogP contribution in [0.5, 0.6) is 0 Å². The maximum atomic E-state index is 12.7. The molecule has 0 aliphatic carbocycles. The Bertz CT molecular complexity index is 891. The van der Waals surface area contributed by atoms with Crippen LogP contribution in [-0.4, -0.2) is 37.7 Å². The van der Waals surface area contributed by atoms with Crippen molar-refractivity contribution < 1.29 is 9.53 Å². The normalized spacial score (nSPS) is 21.2. The first kappa shape index (κ1) is 18.5. The number of carbonyl (C=O) groups excluding carboxylic acids is 1. The molecule has 7 nitrogen and oxygen atoms in total. The number of piperidine rings is 1. The van der Waals surface area contributed by atoms with E-state index in [2.05, 4.69) is 17.0 Å². The summed E-state index contributed by atoms with van der Waals surface area (Å²) in [6.07, 6.45) is 1.44. The van der Waals surface area contributed by atoms with Crippen LogP contribution in [0.3, 0.4) is 0 Å². The summed E-state index contributed by atoms with van der Waals surface area (Å²) in [6, 6.07) is 1.71. The molecule has 142 valence electrons. The highest BCUT2D eigenvalue weighted by atomic mass is 16.6. The molecule has 2 aromatic rings. The molecule has 3 rings (SSSR count). The molecule has 2 aromatic heterocycles. The predicted molar refractivity (Wildman–Crippen MR) is 99.4 cm³/mol. The van der Waals surface area contributed by atoms with E-state index in [0.29, 0.717) is 23.7 Å². The van der Waals surface area contributed by atoms with Crippen LogP contribution in [-0.2, 0) is 4.74 Å². The minimum Gasteiger partial charge on any atom is -0.444 e. The van der Waals surface area contributed by atoms with E-state index in [1.54, 1.807) is 11.8 Å². The van der Waals surface area contributed by atoms with Gasteiger partial charge < -0.3 is 4.74 Å². The molecule has 0 spiro atoms. The van der Waals surface area contributed by atoms with Crippen molar-refractivity contribution in [1.82, 2.24) is 19.5 Å². The van der Waals surface area contributed by atoms with Crippen LogP contribution in [0.2, 0.25) is 0 Å². The Balaban J connectivity index is 2.01. The highest BCUT2D eigenvalue weighted by Gasteiger charge is 2.35. The number of nitrogens with one attached hydrogen (secondary N) is 1. The number of aromatic nitrogens is 3. The van der Waals surface area contributed by atoms with E-state index >= 15 is 0 Å². The fourth-order valence-electron chi connectivity index (χ4n) is 3.38. The molecule has 7 heteroatoms. The number of nitrogens with zero attached hydrogens (tertiary/aromatic N) is 3. The first-order valence-corrected chi connectivity index (χ1v) is 9.15. The van der Waals surface area contributed by atoms with Crippen molar-refractivity contribution in [1.29, 1.82) is 0 Å². The third kappa shape index (κ3) is 3.48. The molecule has 3 heterocycles. The summed E-state index contributed by atoms with van der Waals surface area (Å²) in [5.74, 6) is 0.484. The van der Waals surface area contributed by atoms with Crippen LogP contribution in [0.1, 0.15) is 63.5 Å². The maximum Gasteiger partial charge on any atom is 0.410 e. The van der Waals surface area contributed by atoms with Gasteiger partial charge in [-0.15, -0.1) is 0 Å². The van der Waals surface area contributed by atoms with Crippen LogP contribution in [0.15, 0.2) is 10.9 Å². The number of aryl methyl sites for hydroxylation is 1. The summed E-state index contributed by atoms with van der Waals surface area (Å²) in [5.41, 5.74) is 2.09. The second-order valence-electron chi connectivity index (χ2n) is 8.35. The Hall–Kier alpha value is -2.31. The first-order chi connectivity index (χ1) is 12.1. The zero-order valence-corrected chi connectivity index (χ0v) is 16.4. The van der Waals surface area contributed by atoms with Crippen LogP contribution in [0.4, 0.5) is 4.79 Å². The molecule has 1 amide bonds. The van der Waals surface area contributed by atoms with Gasteiger partial charge in [-0.25, -0.2) is 14.3 Å². The van der Waals surface area contributed by atoms with Crippen molar-refractivity contribution in [3.8, 4) is 0 Å². The van der Waals surface area contributed by atoms with Gasteiger partial charge in [0.15, 0.2) is 5.65 Å². The van der Waals surface area contributed by atoms with Gasteiger partial charge in [0, 0.05) is 23.9 Å². The van der Waals surface area contributed by atoms with Gasteiger partial charge >= 0.3 is 6.09 Å². The SMILES string of the molecule is Cc1nc2cc([C@@H]3C[C@@H](C)CCN3C(=O)OC(C)(C)C)[nH]n2c(=O)c1C. The smallest absolute Gasteiger partial charge is 0.410 e. The third-order valence-corrected chi connectivity index (χ3v) is 4.96. The van der Waals surface area contributed by atoms with Gasteiger partial charge in [-0.05, 0) is 53.4 Å². The Labute approximate surface area is 153 Å². The van der Waals surface area contributed by atoms with Crippen LogP contribution >= 0.6 is 0 Å². The lowest BCUT2D eigenvalue weighted by Crippen LogP contribution is -2.43. The van der Waals surface area contributed by atoms with E-state index in [-0.39, 0.29) is 17.7 Å². The summed E-state index contributed by atoms with van der Waals surface area (Å²) >= 11 is 0. The predicted octanol–water partition coefficient (Wildman–Crippen LogP) is 3.35. The maximum absolute atomic E-state index is 12.7. The molecule has 0 aromatic carbocycles. The number of likely N-dealkylation sites (tertiary alicyclic amines) is 1. The highest BCUT2D eigenvalue weighted by Crippen LogP contribution is 2.34. The number of fused-ring (bicyclic) bond motifs is 1. The van der Waals surface area contributed by atoms with Gasteiger partial charge in [0.1, 0.15) is 5.60 Å². The Morgan fingerprint density at radius 2 is 2.04 bits per heavy atom. The van der Waals surface area contributed by atoms with Crippen molar-refractivity contribution in [3.05, 3.63) is 33.4 Å². The lowest BCUT2D eigenvalue weighted by molar-refractivity contribution is 0.00450. The molecule has 0 radical (unpaired) electrons. The van der Waals surface area contributed by atoms with E-state index in [9.17, 15) is 9.59 Å². The number of rotatable bonds is 1. The van der Waals surface area contributed by atoms with Gasteiger partial charge in [-0.2, -0.15) is 0 Å². The lowest BCUT2D eigenvalue weighted by atomic mass is 9.91. The Kier molecular flexibility index (Phi) is 4.58. The minimum atomic E-state index is -0.544. The van der Waals surface area contributed by atoms with Crippen molar-refractivity contribution in [2.45, 2.75) is 66.0 Å². The average Bonchev–Trinajstić information content (AvgIpc) is 2.95. The summed E-state index contributed by atoms with van der Waals surface area (Å²) in [7, 11) is 0. The van der Waals surface area contributed by atoms with Crippen molar-refractivity contribution in [2.75, 3.05) is 6.54 Å². The van der Waals surface area contributed by atoms with Crippen molar-refractivity contribution in [3.63, 3.8) is 0 Å². The van der Waals surface area contributed by atoms with E-state index in [4.69, 9.17) is 4.74 Å². The number of hydrogen-bond donors (Lipinski definition) is 1. The van der Waals surface area contributed by atoms with Crippen molar-refractivity contribution >= 4 is 11.7 Å². The fourth-order valence-corrected chi connectivity index (χ4v) is 3.38. The quantitative estimate of drug-likeness (QED) is 0.846. The topological polar surface area (TPSA) is 79.7 Å². The summed E-state index contributed by atoms with van der Waals surface area (Å²) in [5, 5.41) is 3.16. The van der Waals surface area contributed by atoms with Gasteiger partial charge in [-0.3, -0.25) is 14.8 Å². The zero-order valence-electron chi connectivity index (χ0n) is 16.4. The minimum absolute atomic E-state index is 0.105. The number of ether oxygens (including phenoxy) is 1. The van der Waals surface area contributed by atoms with Crippen LogP contribution in [0, 0.1) is 19.8 Å². The van der Waals surface area contributed by atoms with E-state index in [0.717, 1.165) is 24.2 Å². The average molecular weight is 360 g/mol. The molecule has 0 unspecified atom stereocenters. The lowest BCUT2D eigenvalue weighted by Gasteiger charge is -2.38. The Morgan fingerprint density at radius 1 is 1.35 bits per heavy atom. The summed E-state index contributed by atoms with van der Waals surface area (Å²) in [4.78, 5) is 31.5. The van der Waals surface area contributed by atoms with E-state index < -0.39 is 5.60 Å². The molecule has 2 atom stereocenters. The standard InChI is InChI=1S/C19H28N4O3/c1-11-7-8-22(18(25)26-19(4,5)6)15(9-11)14-10-16-20-13(3)12(2)17(24)23(16)21-14/h10-11,15,21H,7-9H2,1-6H3/t11-,15-/m0/s1. The summed E-state index contributed by atoms with van der Waals surface area (Å²) < 4.78 is 7.05. The number of H-pyrrole nitrogens is 1. The highest BCUT2D eigenvalue weighted by molar-refractivity contribution is 5.69. The van der Waals surface area contributed by atoms with Gasteiger partial charge in [-0.1, -0.05) is 6.92 Å². The molecule has 1 saturated heterocycles. The van der Waals surface area contributed by atoms with Gasteiger partial charge in [0.25, 0.3) is 5.56 Å². The largest absolute Gasteiger partial charge is 0.444 e. The van der Waals surface area contributed by atoms with E-state index in [1.165, 1.54) is 4.52 Å².